The summed E-state index contributed by atoms with van der Waals surface area (Å²) in [7, 11) is -2.03. The van der Waals surface area contributed by atoms with Gasteiger partial charge in [0.15, 0.2) is 0 Å². The van der Waals surface area contributed by atoms with Crippen molar-refractivity contribution in [3.05, 3.63) is 51.3 Å². The standard InChI is InChI=1S/C18H18Cl2N2O4S2/c1-26-15-4-3-14(19)12-13(15)2-6-17(23)21-8-10-22(11-9-21)28(24,25)18-7-5-16(20)27-18/h2-7,12H,8-11H2,1H3. The number of rotatable bonds is 5. The van der Waals surface area contributed by atoms with E-state index < -0.39 is 10.0 Å². The first-order valence-corrected chi connectivity index (χ1v) is 11.4. The van der Waals surface area contributed by atoms with Crippen LogP contribution in [0.1, 0.15) is 5.56 Å². The minimum Gasteiger partial charge on any atom is -0.496 e. The van der Waals surface area contributed by atoms with E-state index in [1.807, 2.05) is 0 Å². The third kappa shape index (κ3) is 4.69. The molecule has 1 amide bonds. The summed E-state index contributed by atoms with van der Waals surface area (Å²) in [5, 5.41) is 0.542. The van der Waals surface area contributed by atoms with Gasteiger partial charge in [0.25, 0.3) is 10.0 Å². The fourth-order valence-corrected chi connectivity index (χ4v) is 6.05. The minimum absolute atomic E-state index is 0.196. The second-order valence-electron chi connectivity index (χ2n) is 6.01. The number of nitrogens with zero attached hydrogens (tertiary/aromatic N) is 2. The number of sulfonamides is 1. The van der Waals surface area contributed by atoms with Gasteiger partial charge in [0.05, 0.1) is 11.4 Å². The summed E-state index contributed by atoms with van der Waals surface area (Å²) < 4.78 is 32.5. The second kappa shape index (κ2) is 8.84. The van der Waals surface area contributed by atoms with Crippen LogP contribution < -0.4 is 4.74 Å². The van der Waals surface area contributed by atoms with Gasteiger partial charge in [-0.05, 0) is 36.4 Å². The summed E-state index contributed by atoms with van der Waals surface area (Å²) >= 11 is 12.9. The summed E-state index contributed by atoms with van der Waals surface area (Å²) in [5.74, 6) is 0.414. The van der Waals surface area contributed by atoms with Crippen LogP contribution >= 0.6 is 34.5 Å². The zero-order valence-electron chi connectivity index (χ0n) is 15.0. The lowest BCUT2D eigenvalue weighted by atomic mass is 10.2. The van der Waals surface area contributed by atoms with Crippen molar-refractivity contribution in [2.45, 2.75) is 4.21 Å². The van der Waals surface area contributed by atoms with E-state index in [4.69, 9.17) is 27.9 Å². The molecular weight excluding hydrogens is 443 g/mol. The first-order valence-electron chi connectivity index (χ1n) is 8.37. The minimum atomic E-state index is -3.58. The fourth-order valence-electron chi connectivity index (χ4n) is 2.81. The lowest BCUT2D eigenvalue weighted by molar-refractivity contribution is -0.127. The van der Waals surface area contributed by atoms with Gasteiger partial charge in [-0.2, -0.15) is 4.31 Å². The normalized spacial score (nSPS) is 15.9. The topological polar surface area (TPSA) is 66.9 Å². The maximum Gasteiger partial charge on any atom is 0.252 e. The van der Waals surface area contributed by atoms with Gasteiger partial charge in [0.2, 0.25) is 5.91 Å². The van der Waals surface area contributed by atoms with Crippen molar-refractivity contribution in [2.75, 3.05) is 33.3 Å². The number of halogens is 2. The van der Waals surface area contributed by atoms with E-state index in [-0.39, 0.29) is 23.2 Å². The Morgan fingerprint density at radius 2 is 1.86 bits per heavy atom. The zero-order chi connectivity index (χ0) is 20.3. The molecule has 1 aromatic heterocycles. The van der Waals surface area contributed by atoms with Gasteiger partial charge in [-0.25, -0.2) is 8.42 Å². The maximum absolute atomic E-state index is 12.6. The second-order valence-corrected chi connectivity index (χ2v) is 10.3. The highest BCUT2D eigenvalue weighted by Gasteiger charge is 2.30. The van der Waals surface area contributed by atoms with Crippen LogP contribution in [-0.4, -0.2) is 56.8 Å². The molecule has 0 saturated carbocycles. The molecule has 28 heavy (non-hydrogen) atoms. The Bertz CT molecular complexity index is 997. The predicted molar refractivity (Wildman–Crippen MR) is 112 cm³/mol. The van der Waals surface area contributed by atoms with Crippen LogP contribution in [0.3, 0.4) is 0 Å². The molecule has 0 atom stereocenters. The van der Waals surface area contributed by atoms with Gasteiger partial charge in [-0.15, -0.1) is 11.3 Å². The molecule has 6 nitrogen and oxygen atoms in total. The van der Waals surface area contributed by atoms with Crippen molar-refractivity contribution in [2.24, 2.45) is 0 Å². The summed E-state index contributed by atoms with van der Waals surface area (Å²) in [6.07, 6.45) is 3.08. The van der Waals surface area contributed by atoms with Gasteiger partial charge in [0, 0.05) is 42.8 Å². The van der Waals surface area contributed by atoms with E-state index in [1.54, 1.807) is 42.4 Å². The van der Waals surface area contributed by atoms with Gasteiger partial charge in [-0.3, -0.25) is 4.79 Å². The van der Waals surface area contributed by atoms with Crippen molar-refractivity contribution in [3.8, 4) is 5.75 Å². The van der Waals surface area contributed by atoms with Crippen LogP contribution in [0.4, 0.5) is 0 Å². The Labute approximate surface area is 178 Å². The van der Waals surface area contributed by atoms with Crippen molar-refractivity contribution in [3.63, 3.8) is 0 Å². The number of methoxy groups -OCH3 is 1. The molecule has 150 valence electrons. The molecule has 0 N–H and O–H groups in total. The van der Waals surface area contributed by atoms with E-state index in [2.05, 4.69) is 0 Å². The molecule has 0 radical (unpaired) electrons. The van der Waals surface area contributed by atoms with Gasteiger partial charge >= 0.3 is 0 Å². The number of piperazine rings is 1. The molecule has 0 spiro atoms. The average Bonchev–Trinajstić information content (AvgIpc) is 3.13. The smallest absolute Gasteiger partial charge is 0.252 e. The van der Waals surface area contributed by atoms with Gasteiger partial charge in [-0.1, -0.05) is 23.2 Å². The van der Waals surface area contributed by atoms with E-state index in [1.165, 1.54) is 16.4 Å². The summed E-state index contributed by atoms with van der Waals surface area (Å²) in [5.41, 5.74) is 0.694. The Kier molecular flexibility index (Phi) is 6.67. The van der Waals surface area contributed by atoms with Crippen LogP contribution in [0, 0.1) is 0 Å². The van der Waals surface area contributed by atoms with E-state index in [9.17, 15) is 13.2 Å². The largest absolute Gasteiger partial charge is 0.496 e. The maximum atomic E-state index is 12.6. The van der Waals surface area contributed by atoms with Gasteiger partial charge < -0.3 is 9.64 Å². The number of amides is 1. The van der Waals surface area contributed by atoms with Crippen LogP contribution in [0.2, 0.25) is 9.36 Å². The molecule has 1 aromatic carbocycles. The number of hydrogen-bond acceptors (Lipinski definition) is 5. The number of carbonyl (C=O) groups excluding carboxylic acids is 1. The highest BCUT2D eigenvalue weighted by Crippen LogP contribution is 2.29. The zero-order valence-corrected chi connectivity index (χ0v) is 18.1. The number of benzene rings is 1. The SMILES string of the molecule is COc1ccc(Cl)cc1C=CC(=O)N1CCN(S(=O)(=O)c2ccc(Cl)s2)CC1. The van der Waals surface area contributed by atoms with Crippen LogP contribution in [0.15, 0.2) is 40.6 Å². The van der Waals surface area contributed by atoms with E-state index >= 15 is 0 Å². The number of thiophene rings is 1. The molecule has 1 saturated heterocycles. The third-order valence-electron chi connectivity index (χ3n) is 4.29. The van der Waals surface area contributed by atoms with Gasteiger partial charge in [0.1, 0.15) is 9.96 Å². The summed E-state index contributed by atoms with van der Waals surface area (Å²) in [4.78, 5) is 14.1. The molecule has 2 aromatic rings. The van der Waals surface area contributed by atoms with Crippen molar-refractivity contribution in [1.29, 1.82) is 0 Å². The first kappa shape index (κ1) is 21.1. The Balaban J connectivity index is 1.63. The molecule has 1 aliphatic heterocycles. The molecule has 1 fully saturated rings. The Morgan fingerprint density at radius 1 is 1.14 bits per heavy atom. The quantitative estimate of drug-likeness (QED) is 0.639. The lowest BCUT2D eigenvalue weighted by Crippen LogP contribution is -2.50. The number of hydrogen-bond donors (Lipinski definition) is 0. The molecule has 3 rings (SSSR count). The number of carbonyl (C=O) groups is 1. The lowest BCUT2D eigenvalue weighted by Gasteiger charge is -2.33. The van der Waals surface area contributed by atoms with Crippen molar-refractivity contribution in [1.82, 2.24) is 9.21 Å². The van der Waals surface area contributed by atoms with Crippen LogP contribution in [0.5, 0.6) is 5.75 Å². The highest BCUT2D eigenvalue weighted by molar-refractivity contribution is 7.91. The van der Waals surface area contributed by atoms with E-state index in [0.717, 1.165) is 11.3 Å². The summed E-state index contributed by atoms with van der Waals surface area (Å²) in [6, 6.07) is 8.21. The van der Waals surface area contributed by atoms with Crippen molar-refractivity contribution < 1.29 is 17.9 Å². The molecule has 0 aliphatic carbocycles. The first-order chi connectivity index (χ1) is 13.3. The highest BCUT2D eigenvalue weighted by atomic mass is 35.5. The summed E-state index contributed by atoms with van der Waals surface area (Å²) in [6.45, 7) is 1.10. The molecule has 2 heterocycles. The Morgan fingerprint density at radius 3 is 2.46 bits per heavy atom. The molecule has 0 unspecified atom stereocenters. The van der Waals surface area contributed by atoms with Crippen molar-refractivity contribution >= 4 is 56.5 Å². The monoisotopic (exact) mass is 460 g/mol. The average molecular weight is 461 g/mol. The molecule has 1 aliphatic rings. The van der Waals surface area contributed by atoms with Crippen LogP contribution in [-0.2, 0) is 14.8 Å². The third-order valence-corrected chi connectivity index (χ3v) is 8.12. The van der Waals surface area contributed by atoms with E-state index in [0.29, 0.717) is 33.8 Å². The Hall–Kier alpha value is -1.58. The number of ether oxygens (including phenoxy) is 1. The molecular formula is C18H18Cl2N2O4S2. The van der Waals surface area contributed by atoms with Crippen LogP contribution in [0.25, 0.3) is 6.08 Å². The predicted octanol–water partition coefficient (Wildman–Crippen LogP) is 3.61. The fraction of sp³-hybridized carbons (Fsp3) is 0.278. The molecule has 10 heteroatoms. The molecule has 0 bridgehead atoms.